The van der Waals surface area contributed by atoms with Gasteiger partial charge < -0.3 is 5.32 Å². The average Bonchev–Trinajstić information content (AvgIpc) is 2.32. The van der Waals surface area contributed by atoms with Crippen molar-refractivity contribution >= 4 is 0 Å². The second kappa shape index (κ2) is 7.29. The number of hydrogen-bond acceptors (Lipinski definition) is 2. The summed E-state index contributed by atoms with van der Waals surface area (Å²) in [5.41, 5.74) is 0. The molecule has 1 rings (SSSR count). The van der Waals surface area contributed by atoms with Crippen molar-refractivity contribution in [2.75, 3.05) is 20.1 Å². The zero-order valence-electron chi connectivity index (χ0n) is 11.6. The molecule has 0 amide bonds. The van der Waals surface area contributed by atoms with E-state index in [1.165, 1.54) is 45.2 Å². The first-order valence-electron chi connectivity index (χ1n) is 7.14. The Labute approximate surface area is 102 Å². The van der Waals surface area contributed by atoms with Crippen LogP contribution in [0.4, 0.5) is 0 Å². The van der Waals surface area contributed by atoms with Crippen LogP contribution in [0.5, 0.6) is 0 Å². The molecule has 96 valence electrons. The molecule has 1 fully saturated rings. The van der Waals surface area contributed by atoms with Crippen LogP contribution in [0.25, 0.3) is 0 Å². The maximum Gasteiger partial charge on any atom is 0.0220 e. The minimum absolute atomic E-state index is 0.655. The van der Waals surface area contributed by atoms with Gasteiger partial charge in [-0.3, -0.25) is 4.90 Å². The zero-order chi connectivity index (χ0) is 12.0. The van der Waals surface area contributed by atoms with Gasteiger partial charge in [0.15, 0.2) is 0 Å². The quantitative estimate of drug-likeness (QED) is 0.749. The lowest BCUT2D eigenvalue weighted by Crippen LogP contribution is -2.49. The third kappa shape index (κ3) is 3.74. The summed E-state index contributed by atoms with van der Waals surface area (Å²) in [6.45, 7) is 9.59. The summed E-state index contributed by atoms with van der Waals surface area (Å²) in [6, 6.07) is 1.35. The monoisotopic (exact) mass is 226 g/mol. The molecule has 2 unspecified atom stereocenters. The molecule has 0 aliphatic carbocycles. The van der Waals surface area contributed by atoms with Gasteiger partial charge in [-0.05, 0) is 52.2 Å². The largest absolute Gasteiger partial charge is 0.315 e. The first kappa shape index (κ1) is 14.0. The molecular weight excluding hydrogens is 196 g/mol. The van der Waals surface area contributed by atoms with E-state index in [-0.39, 0.29) is 0 Å². The van der Waals surface area contributed by atoms with Crippen molar-refractivity contribution in [1.29, 1.82) is 0 Å². The minimum atomic E-state index is 0.655. The predicted molar refractivity (Wildman–Crippen MR) is 71.8 cm³/mol. The fourth-order valence-electron chi connectivity index (χ4n) is 3.10. The molecule has 16 heavy (non-hydrogen) atoms. The van der Waals surface area contributed by atoms with Gasteiger partial charge in [0.25, 0.3) is 0 Å². The van der Waals surface area contributed by atoms with Crippen LogP contribution >= 0.6 is 0 Å². The molecule has 2 atom stereocenters. The Bertz CT molecular complexity index is 170. The van der Waals surface area contributed by atoms with E-state index in [2.05, 4.69) is 38.0 Å². The lowest BCUT2D eigenvalue weighted by Gasteiger charge is -2.39. The van der Waals surface area contributed by atoms with Gasteiger partial charge in [0.1, 0.15) is 0 Å². The van der Waals surface area contributed by atoms with E-state index in [0.29, 0.717) is 12.1 Å². The highest BCUT2D eigenvalue weighted by molar-refractivity contribution is 4.82. The molecule has 0 aromatic rings. The van der Waals surface area contributed by atoms with Crippen molar-refractivity contribution in [1.82, 2.24) is 10.2 Å². The molecule has 0 bridgehead atoms. The van der Waals surface area contributed by atoms with Gasteiger partial charge in [-0.1, -0.05) is 26.7 Å². The van der Waals surface area contributed by atoms with Gasteiger partial charge in [-0.25, -0.2) is 0 Å². The third-order valence-corrected chi connectivity index (χ3v) is 4.31. The summed E-state index contributed by atoms with van der Waals surface area (Å²) in [4.78, 5) is 2.68. The van der Waals surface area contributed by atoms with E-state index >= 15 is 0 Å². The summed E-state index contributed by atoms with van der Waals surface area (Å²) in [7, 11) is 2.09. The van der Waals surface area contributed by atoms with Gasteiger partial charge >= 0.3 is 0 Å². The van der Waals surface area contributed by atoms with Gasteiger partial charge in [-0.15, -0.1) is 0 Å². The number of nitrogens with one attached hydrogen (secondary N) is 1. The van der Waals surface area contributed by atoms with Crippen LogP contribution in [0.15, 0.2) is 0 Å². The molecule has 0 aromatic carbocycles. The Balaban J connectivity index is 2.34. The maximum atomic E-state index is 3.44. The standard InChI is InChI=1S/C14H30N2/c1-5-7-13-8-10-16(11-9-13)12(3)14(6-2)15-4/h12-15H,5-11H2,1-4H3. The second-order valence-corrected chi connectivity index (χ2v) is 5.31. The van der Waals surface area contributed by atoms with Crippen LogP contribution in [0.3, 0.4) is 0 Å². The lowest BCUT2D eigenvalue weighted by molar-refractivity contribution is 0.114. The Morgan fingerprint density at radius 1 is 1.25 bits per heavy atom. The van der Waals surface area contributed by atoms with Crippen LogP contribution in [0, 0.1) is 5.92 Å². The van der Waals surface area contributed by atoms with Crippen molar-refractivity contribution in [3.05, 3.63) is 0 Å². The predicted octanol–water partition coefficient (Wildman–Crippen LogP) is 2.89. The summed E-state index contributed by atoms with van der Waals surface area (Å²) >= 11 is 0. The molecule has 1 N–H and O–H groups in total. The van der Waals surface area contributed by atoms with Crippen molar-refractivity contribution in [2.24, 2.45) is 5.92 Å². The molecular formula is C14H30N2. The van der Waals surface area contributed by atoms with Crippen molar-refractivity contribution < 1.29 is 0 Å². The fraction of sp³-hybridized carbons (Fsp3) is 1.00. The molecule has 1 aliphatic heterocycles. The third-order valence-electron chi connectivity index (χ3n) is 4.31. The Kier molecular flexibility index (Phi) is 6.37. The molecule has 0 aromatic heterocycles. The van der Waals surface area contributed by atoms with Crippen molar-refractivity contribution in [3.63, 3.8) is 0 Å². The Morgan fingerprint density at radius 2 is 1.88 bits per heavy atom. The van der Waals surface area contributed by atoms with E-state index in [0.717, 1.165) is 5.92 Å². The van der Waals surface area contributed by atoms with E-state index in [4.69, 9.17) is 0 Å². The fourth-order valence-corrected chi connectivity index (χ4v) is 3.10. The van der Waals surface area contributed by atoms with Crippen molar-refractivity contribution in [3.8, 4) is 0 Å². The highest BCUT2D eigenvalue weighted by Gasteiger charge is 2.25. The first-order chi connectivity index (χ1) is 7.72. The highest BCUT2D eigenvalue weighted by Crippen LogP contribution is 2.23. The van der Waals surface area contributed by atoms with Crippen LogP contribution in [0.2, 0.25) is 0 Å². The molecule has 1 aliphatic rings. The molecule has 2 heteroatoms. The number of rotatable bonds is 6. The van der Waals surface area contributed by atoms with E-state index in [1.807, 2.05) is 0 Å². The van der Waals surface area contributed by atoms with Gasteiger partial charge in [0, 0.05) is 12.1 Å². The van der Waals surface area contributed by atoms with Gasteiger partial charge in [0.2, 0.25) is 0 Å². The number of hydrogen-bond donors (Lipinski definition) is 1. The van der Waals surface area contributed by atoms with E-state index < -0.39 is 0 Å². The molecule has 1 saturated heterocycles. The number of nitrogens with zero attached hydrogens (tertiary/aromatic N) is 1. The number of likely N-dealkylation sites (N-methyl/N-ethyl adjacent to an activating group) is 1. The van der Waals surface area contributed by atoms with Gasteiger partial charge in [-0.2, -0.15) is 0 Å². The smallest absolute Gasteiger partial charge is 0.0220 e. The lowest BCUT2D eigenvalue weighted by atomic mass is 9.91. The highest BCUT2D eigenvalue weighted by atomic mass is 15.2. The summed E-state index contributed by atoms with van der Waals surface area (Å²) in [5, 5.41) is 3.44. The van der Waals surface area contributed by atoms with Gasteiger partial charge in [0.05, 0.1) is 0 Å². The van der Waals surface area contributed by atoms with Crippen LogP contribution in [0.1, 0.15) is 52.9 Å². The minimum Gasteiger partial charge on any atom is -0.315 e. The molecule has 0 spiro atoms. The average molecular weight is 226 g/mol. The maximum absolute atomic E-state index is 3.44. The number of likely N-dealkylation sites (tertiary alicyclic amines) is 1. The molecule has 1 heterocycles. The Morgan fingerprint density at radius 3 is 2.31 bits per heavy atom. The number of piperidine rings is 1. The van der Waals surface area contributed by atoms with E-state index in [9.17, 15) is 0 Å². The normalized spacial score (nSPS) is 23.2. The van der Waals surface area contributed by atoms with E-state index in [1.54, 1.807) is 0 Å². The molecule has 0 radical (unpaired) electrons. The van der Waals surface area contributed by atoms with Crippen LogP contribution < -0.4 is 5.32 Å². The Hall–Kier alpha value is -0.0800. The zero-order valence-corrected chi connectivity index (χ0v) is 11.6. The summed E-state index contributed by atoms with van der Waals surface area (Å²) in [6.07, 6.45) is 6.85. The van der Waals surface area contributed by atoms with Crippen LogP contribution in [-0.4, -0.2) is 37.1 Å². The summed E-state index contributed by atoms with van der Waals surface area (Å²) in [5.74, 6) is 1.00. The topological polar surface area (TPSA) is 15.3 Å². The van der Waals surface area contributed by atoms with Crippen LogP contribution in [-0.2, 0) is 0 Å². The van der Waals surface area contributed by atoms with Crippen molar-refractivity contribution in [2.45, 2.75) is 65.0 Å². The second-order valence-electron chi connectivity index (χ2n) is 5.31. The summed E-state index contributed by atoms with van der Waals surface area (Å²) < 4.78 is 0. The first-order valence-corrected chi connectivity index (χ1v) is 7.14. The SMILES string of the molecule is CCCC1CCN(C(C)C(CC)NC)CC1. The molecule has 0 saturated carbocycles. The molecule has 2 nitrogen and oxygen atoms in total.